The number of aliphatic hydroxyl groups excluding tert-OH is 1. The van der Waals surface area contributed by atoms with Gasteiger partial charge in [-0.05, 0) is 31.5 Å². The Bertz CT molecular complexity index is 733. The molecule has 0 amide bonds. The third-order valence-corrected chi connectivity index (χ3v) is 4.51. The summed E-state index contributed by atoms with van der Waals surface area (Å²) in [6.07, 6.45) is 1.48. The van der Waals surface area contributed by atoms with Crippen molar-refractivity contribution in [3.05, 3.63) is 47.3 Å². The third-order valence-electron chi connectivity index (χ3n) is 3.18. The minimum atomic E-state index is -3.64. The van der Waals surface area contributed by atoms with Crippen LogP contribution in [0.15, 0.2) is 35.4 Å². The van der Waals surface area contributed by atoms with Gasteiger partial charge in [0.05, 0.1) is 12.3 Å². The fraction of sp³-hybridized carbons (Fsp3) is 0.286. The lowest BCUT2D eigenvalue weighted by Gasteiger charge is -2.10. The largest absolute Gasteiger partial charge is 0.390 e. The van der Waals surface area contributed by atoms with Crippen molar-refractivity contribution < 1.29 is 13.5 Å². The summed E-state index contributed by atoms with van der Waals surface area (Å²) in [5, 5.41) is 9.13. The predicted octanol–water partition coefficient (Wildman–Crippen LogP) is 1.94. The number of anilines is 1. The Labute approximate surface area is 118 Å². The molecule has 5 nitrogen and oxygen atoms in total. The summed E-state index contributed by atoms with van der Waals surface area (Å²) in [5.74, 6) is 0. The van der Waals surface area contributed by atoms with E-state index in [4.69, 9.17) is 5.11 Å². The van der Waals surface area contributed by atoms with E-state index in [-0.39, 0.29) is 11.5 Å². The molecule has 1 heterocycles. The summed E-state index contributed by atoms with van der Waals surface area (Å²) in [6, 6.07) is 6.99. The molecule has 20 heavy (non-hydrogen) atoms. The maximum atomic E-state index is 12.3. The van der Waals surface area contributed by atoms with E-state index in [1.165, 1.54) is 12.3 Å². The zero-order chi connectivity index (χ0) is 14.9. The van der Waals surface area contributed by atoms with E-state index >= 15 is 0 Å². The van der Waals surface area contributed by atoms with Gasteiger partial charge in [-0.1, -0.05) is 17.7 Å². The molecule has 0 aliphatic carbocycles. The molecule has 0 unspecified atom stereocenters. The molecule has 0 radical (unpaired) electrons. The number of aliphatic hydroxyl groups is 1. The average molecular weight is 294 g/mol. The van der Waals surface area contributed by atoms with E-state index in [1.54, 1.807) is 17.7 Å². The van der Waals surface area contributed by atoms with Crippen molar-refractivity contribution >= 4 is 15.7 Å². The van der Waals surface area contributed by atoms with Crippen molar-refractivity contribution in [3.63, 3.8) is 0 Å². The molecule has 1 aromatic carbocycles. The molecule has 0 aliphatic rings. The Hall–Kier alpha value is -1.79. The molecule has 2 aromatic rings. The molecule has 2 rings (SSSR count). The van der Waals surface area contributed by atoms with E-state index in [9.17, 15) is 8.42 Å². The van der Waals surface area contributed by atoms with E-state index in [0.717, 1.165) is 11.1 Å². The van der Waals surface area contributed by atoms with Crippen LogP contribution in [0.25, 0.3) is 0 Å². The number of nitrogens with one attached hydrogen (secondary N) is 1. The van der Waals surface area contributed by atoms with Crippen molar-refractivity contribution in [2.45, 2.75) is 25.3 Å². The van der Waals surface area contributed by atoms with E-state index in [2.05, 4.69) is 4.72 Å². The number of hydrogen-bond donors (Lipinski definition) is 2. The second-order valence-electron chi connectivity index (χ2n) is 4.86. The SMILES string of the molecule is Cc1ccc(NS(=O)(=O)c2cc(CO)n(C)c2)c(C)c1. The minimum absolute atomic E-state index is 0.143. The van der Waals surface area contributed by atoms with E-state index < -0.39 is 10.0 Å². The molecule has 1 aromatic heterocycles. The van der Waals surface area contributed by atoms with Crippen LogP contribution in [0.4, 0.5) is 5.69 Å². The van der Waals surface area contributed by atoms with Crippen LogP contribution in [0.3, 0.4) is 0 Å². The number of benzene rings is 1. The van der Waals surface area contributed by atoms with Crippen molar-refractivity contribution in [2.24, 2.45) is 7.05 Å². The van der Waals surface area contributed by atoms with Gasteiger partial charge in [-0.25, -0.2) is 8.42 Å². The number of aromatic nitrogens is 1. The van der Waals surface area contributed by atoms with Crippen LogP contribution in [0.2, 0.25) is 0 Å². The van der Waals surface area contributed by atoms with Gasteiger partial charge in [-0.15, -0.1) is 0 Å². The first-order chi connectivity index (χ1) is 9.33. The first-order valence-electron chi connectivity index (χ1n) is 6.19. The van der Waals surface area contributed by atoms with Gasteiger partial charge in [0.15, 0.2) is 0 Å². The highest BCUT2D eigenvalue weighted by Crippen LogP contribution is 2.21. The zero-order valence-corrected chi connectivity index (χ0v) is 12.5. The van der Waals surface area contributed by atoms with Gasteiger partial charge in [0.1, 0.15) is 4.90 Å². The molecule has 0 aliphatic heterocycles. The van der Waals surface area contributed by atoms with Crippen molar-refractivity contribution in [1.82, 2.24) is 4.57 Å². The molecule has 6 heteroatoms. The summed E-state index contributed by atoms with van der Waals surface area (Å²) < 4.78 is 28.8. The summed E-state index contributed by atoms with van der Waals surface area (Å²) in [7, 11) is -1.95. The smallest absolute Gasteiger partial charge is 0.263 e. The van der Waals surface area contributed by atoms with Gasteiger partial charge < -0.3 is 9.67 Å². The van der Waals surface area contributed by atoms with Crippen LogP contribution in [-0.2, 0) is 23.7 Å². The average Bonchev–Trinajstić information content (AvgIpc) is 2.75. The molecule has 0 spiro atoms. The van der Waals surface area contributed by atoms with Gasteiger partial charge >= 0.3 is 0 Å². The quantitative estimate of drug-likeness (QED) is 0.905. The van der Waals surface area contributed by atoms with E-state index in [1.807, 2.05) is 26.0 Å². The molecule has 108 valence electrons. The maximum Gasteiger partial charge on any atom is 0.263 e. The highest BCUT2D eigenvalue weighted by atomic mass is 32.2. The summed E-state index contributed by atoms with van der Waals surface area (Å²) in [6.45, 7) is 3.61. The fourth-order valence-corrected chi connectivity index (χ4v) is 3.24. The monoisotopic (exact) mass is 294 g/mol. The number of nitrogens with zero attached hydrogens (tertiary/aromatic N) is 1. The first-order valence-corrected chi connectivity index (χ1v) is 7.68. The zero-order valence-electron chi connectivity index (χ0n) is 11.7. The molecule has 2 N–H and O–H groups in total. The molecule has 0 fully saturated rings. The lowest BCUT2D eigenvalue weighted by atomic mass is 10.1. The van der Waals surface area contributed by atoms with Crippen molar-refractivity contribution in [3.8, 4) is 0 Å². The predicted molar refractivity (Wildman–Crippen MR) is 78.1 cm³/mol. The third kappa shape index (κ3) is 2.86. The van der Waals surface area contributed by atoms with Gasteiger partial charge in [-0.2, -0.15) is 0 Å². The highest BCUT2D eigenvalue weighted by Gasteiger charge is 2.18. The summed E-state index contributed by atoms with van der Waals surface area (Å²) >= 11 is 0. The lowest BCUT2D eigenvalue weighted by Crippen LogP contribution is -2.13. The van der Waals surface area contributed by atoms with Crippen molar-refractivity contribution in [2.75, 3.05) is 4.72 Å². The Kier molecular flexibility index (Phi) is 3.87. The summed E-state index contributed by atoms with van der Waals surface area (Å²) in [5.41, 5.74) is 3.05. The number of hydrogen-bond acceptors (Lipinski definition) is 3. The molecule has 0 bridgehead atoms. The Morgan fingerprint density at radius 2 is 1.95 bits per heavy atom. The van der Waals surface area contributed by atoms with Gasteiger partial charge in [-0.3, -0.25) is 4.72 Å². The standard InChI is InChI=1S/C14H18N2O3S/c1-10-4-5-14(11(2)6-10)15-20(18,19)13-7-12(9-17)16(3)8-13/h4-8,15,17H,9H2,1-3H3. The van der Waals surface area contributed by atoms with Crippen LogP contribution >= 0.6 is 0 Å². The van der Waals surface area contributed by atoms with Crippen LogP contribution in [0.1, 0.15) is 16.8 Å². The van der Waals surface area contributed by atoms with E-state index in [0.29, 0.717) is 11.4 Å². The van der Waals surface area contributed by atoms with Crippen LogP contribution in [-0.4, -0.2) is 18.1 Å². The fourth-order valence-electron chi connectivity index (χ4n) is 2.01. The molecular weight excluding hydrogens is 276 g/mol. The lowest BCUT2D eigenvalue weighted by molar-refractivity contribution is 0.272. The normalized spacial score (nSPS) is 11.6. The minimum Gasteiger partial charge on any atom is -0.390 e. The molecular formula is C14H18N2O3S. The van der Waals surface area contributed by atoms with Crippen LogP contribution in [0, 0.1) is 13.8 Å². The van der Waals surface area contributed by atoms with Gasteiger partial charge in [0.2, 0.25) is 0 Å². The Morgan fingerprint density at radius 3 is 2.50 bits per heavy atom. The van der Waals surface area contributed by atoms with Crippen LogP contribution < -0.4 is 4.72 Å². The number of aryl methyl sites for hydroxylation is 3. The van der Waals surface area contributed by atoms with Crippen molar-refractivity contribution in [1.29, 1.82) is 0 Å². The number of sulfonamides is 1. The second kappa shape index (κ2) is 5.30. The van der Waals surface area contributed by atoms with Gasteiger partial charge in [0, 0.05) is 18.9 Å². The number of rotatable bonds is 4. The molecule has 0 saturated heterocycles. The summed E-state index contributed by atoms with van der Waals surface area (Å²) in [4.78, 5) is 0.143. The highest BCUT2D eigenvalue weighted by molar-refractivity contribution is 7.92. The van der Waals surface area contributed by atoms with Crippen LogP contribution in [0.5, 0.6) is 0 Å². The topological polar surface area (TPSA) is 71.3 Å². The first kappa shape index (κ1) is 14.6. The molecule has 0 atom stereocenters. The Morgan fingerprint density at radius 1 is 1.25 bits per heavy atom. The maximum absolute atomic E-state index is 12.3. The second-order valence-corrected chi connectivity index (χ2v) is 6.54. The van der Waals surface area contributed by atoms with Gasteiger partial charge in [0.25, 0.3) is 10.0 Å². The molecule has 0 saturated carbocycles. The Balaban J connectivity index is 2.35.